The summed E-state index contributed by atoms with van der Waals surface area (Å²) < 4.78 is 5.20. The zero-order chi connectivity index (χ0) is 17.1. The molecule has 0 aromatic heterocycles. The molecular weight excluding hydrogens is 290 g/mol. The Bertz CT molecular complexity index is 483. The lowest BCUT2D eigenvalue weighted by molar-refractivity contribution is -0.148. The van der Waals surface area contributed by atoms with E-state index in [1.807, 2.05) is 19.1 Å². The second-order valence-corrected chi connectivity index (χ2v) is 6.05. The van der Waals surface area contributed by atoms with E-state index in [-0.39, 0.29) is 17.5 Å². The Labute approximate surface area is 139 Å². The number of nitrogens with one attached hydrogen (secondary N) is 1. The van der Waals surface area contributed by atoms with Crippen LogP contribution < -0.4 is 5.32 Å². The van der Waals surface area contributed by atoms with Gasteiger partial charge in [0.1, 0.15) is 17.7 Å². The van der Waals surface area contributed by atoms with Gasteiger partial charge in [-0.15, -0.1) is 0 Å². The van der Waals surface area contributed by atoms with Crippen molar-refractivity contribution in [2.75, 3.05) is 19.7 Å². The highest BCUT2D eigenvalue weighted by molar-refractivity contribution is 5.72. The van der Waals surface area contributed by atoms with E-state index >= 15 is 0 Å². The first kappa shape index (κ1) is 19.2. The predicted molar refractivity (Wildman–Crippen MR) is 88.1 cm³/mol. The molecule has 1 aliphatic rings. The minimum atomic E-state index is -0.154. The first-order valence-electron chi connectivity index (χ1n) is 8.55. The van der Waals surface area contributed by atoms with Gasteiger partial charge in [-0.2, -0.15) is 10.5 Å². The van der Waals surface area contributed by atoms with Crippen LogP contribution in [0.25, 0.3) is 0 Å². The van der Waals surface area contributed by atoms with Crippen molar-refractivity contribution in [1.29, 1.82) is 10.5 Å². The van der Waals surface area contributed by atoms with Crippen molar-refractivity contribution < 1.29 is 9.53 Å². The molecule has 0 saturated heterocycles. The van der Waals surface area contributed by atoms with E-state index in [2.05, 4.69) is 12.2 Å². The third kappa shape index (κ3) is 6.42. The van der Waals surface area contributed by atoms with Gasteiger partial charge in [-0.25, -0.2) is 0 Å². The zero-order valence-electron chi connectivity index (χ0n) is 14.2. The van der Waals surface area contributed by atoms with E-state index in [0.29, 0.717) is 19.1 Å². The fraction of sp³-hybridized carbons (Fsp3) is 0.722. The van der Waals surface area contributed by atoms with Crippen molar-refractivity contribution in [3.63, 3.8) is 0 Å². The molecule has 5 nitrogen and oxygen atoms in total. The number of rotatable bonds is 8. The van der Waals surface area contributed by atoms with Gasteiger partial charge in [-0.3, -0.25) is 4.79 Å². The molecule has 0 aromatic carbocycles. The number of hydrogen-bond donors (Lipinski definition) is 1. The Morgan fingerprint density at radius 3 is 2.74 bits per heavy atom. The largest absolute Gasteiger partial charge is 0.466 e. The standard InChI is InChI=1S/C18H27N3O2/c1-3-8-21-13-16(18(22)23-4-2)10-14-6-5-7-15(9-14)17(11-19)12-20/h14,16,21H,3-10,13H2,1-2H3. The molecule has 0 heterocycles. The highest BCUT2D eigenvalue weighted by Crippen LogP contribution is 2.34. The van der Waals surface area contributed by atoms with Crippen LogP contribution in [0.5, 0.6) is 0 Å². The van der Waals surface area contributed by atoms with Crippen LogP contribution >= 0.6 is 0 Å². The van der Waals surface area contributed by atoms with E-state index in [0.717, 1.165) is 50.6 Å². The van der Waals surface area contributed by atoms with Gasteiger partial charge in [0.2, 0.25) is 0 Å². The van der Waals surface area contributed by atoms with Crippen LogP contribution in [0.4, 0.5) is 0 Å². The average molecular weight is 317 g/mol. The van der Waals surface area contributed by atoms with Crippen molar-refractivity contribution in [3.8, 4) is 12.1 Å². The van der Waals surface area contributed by atoms with Crippen molar-refractivity contribution in [2.24, 2.45) is 11.8 Å². The van der Waals surface area contributed by atoms with E-state index in [9.17, 15) is 4.79 Å². The average Bonchev–Trinajstić information content (AvgIpc) is 2.56. The first-order valence-corrected chi connectivity index (χ1v) is 8.55. The first-order chi connectivity index (χ1) is 11.2. The molecule has 0 radical (unpaired) electrons. The maximum absolute atomic E-state index is 12.2. The maximum Gasteiger partial charge on any atom is 0.310 e. The molecule has 2 atom stereocenters. The van der Waals surface area contributed by atoms with Crippen LogP contribution in [0.2, 0.25) is 0 Å². The molecular formula is C18H27N3O2. The lowest BCUT2D eigenvalue weighted by atomic mass is 9.79. The normalized spacial score (nSPS) is 18.6. The molecule has 1 aliphatic carbocycles. The minimum Gasteiger partial charge on any atom is -0.466 e. The van der Waals surface area contributed by atoms with Crippen LogP contribution in [0, 0.1) is 34.5 Å². The molecule has 1 rings (SSSR count). The van der Waals surface area contributed by atoms with Crippen LogP contribution in [-0.2, 0) is 9.53 Å². The molecule has 1 fully saturated rings. The molecule has 23 heavy (non-hydrogen) atoms. The molecule has 0 spiro atoms. The number of allylic oxidation sites excluding steroid dienone is 2. The lowest BCUT2D eigenvalue weighted by Crippen LogP contribution is -2.32. The van der Waals surface area contributed by atoms with Gasteiger partial charge >= 0.3 is 5.97 Å². The van der Waals surface area contributed by atoms with Gasteiger partial charge < -0.3 is 10.1 Å². The van der Waals surface area contributed by atoms with Crippen molar-refractivity contribution in [3.05, 3.63) is 11.1 Å². The lowest BCUT2D eigenvalue weighted by Gasteiger charge is -2.27. The van der Waals surface area contributed by atoms with Gasteiger partial charge in [0.15, 0.2) is 0 Å². The second kappa shape index (κ2) is 10.8. The minimum absolute atomic E-state index is 0.145. The maximum atomic E-state index is 12.2. The summed E-state index contributed by atoms with van der Waals surface area (Å²) >= 11 is 0. The van der Waals surface area contributed by atoms with Crippen LogP contribution in [0.15, 0.2) is 11.1 Å². The Morgan fingerprint density at radius 1 is 1.39 bits per heavy atom. The smallest absolute Gasteiger partial charge is 0.310 e. The SMILES string of the molecule is CCCNCC(CC1CCCC(=C(C#N)C#N)C1)C(=O)OCC. The van der Waals surface area contributed by atoms with Crippen LogP contribution in [0.3, 0.4) is 0 Å². The van der Waals surface area contributed by atoms with Crippen LogP contribution in [-0.4, -0.2) is 25.7 Å². The Kier molecular flexibility index (Phi) is 9.02. The van der Waals surface area contributed by atoms with Gasteiger partial charge in [0.05, 0.1) is 12.5 Å². The predicted octanol–water partition coefficient (Wildman–Crippen LogP) is 3.09. The quantitative estimate of drug-likeness (QED) is 0.422. The Balaban J connectivity index is 2.70. The Morgan fingerprint density at radius 2 is 2.13 bits per heavy atom. The van der Waals surface area contributed by atoms with Gasteiger partial charge in [0.25, 0.3) is 0 Å². The summed E-state index contributed by atoms with van der Waals surface area (Å²) in [7, 11) is 0. The van der Waals surface area contributed by atoms with Gasteiger partial charge in [-0.1, -0.05) is 6.92 Å². The summed E-state index contributed by atoms with van der Waals surface area (Å²) in [5.41, 5.74) is 1.21. The second-order valence-electron chi connectivity index (χ2n) is 6.05. The van der Waals surface area contributed by atoms with E-state index < -0.39 is 0 Å². The number of carbonyl (C=O) groups is 1. The monoisotopic (exact) mass is 317 g/mol. The number of nitriles is 2. The summed E-state index contributed by atoms with van der Waals surface area (Å²) in [5, 5.41) is 21.4. The van der Waals surface area contributed by atoms with Crippen molar-refractivity contribution in [1.82, 2.24) is 5.32 Å². The van der Waals surface area contributed by atoms with Crippen molar-refractivity contribution >= 4 is 5.97 Å². The zero-order valence-corrected chi connectivity index (χ0v) is 14.2. The molecule has 0 bridgehead atoms. The molecule has 1 saturated carbocycles. The summed E-state index contributed by atoms with van der Waals surface area (Å²) in [4.78, 5) is 12.2. The molecule has 0 amide bonds. The van der Waals surface area contributed by atoms with Crippen molar-refractivity contribution in [2.45, 2.75) is 52.4 Å². The molecule has 0 aliphatic heterocycles. The summed E-state index contributed by atoms with van der Waals surface area (Å²) in [6, 6.07) is 3.99. The summed E-state index contributed by atoms with van der Waals surface area (Å²) in [6.45, 7) is 5.83. The highest BCUT2D eigenvalue weighted by atomic mass is 16.5. The number of hydrogen-bond acceptors (Lipinski definition) is 5. The fourth-order valence-electron chi connectivity index (χ4n) is 3.15. The third-order valence-corrected chi connectivity index (χ3v) is 4.26. The van der Waals surface area contributed by atoms with E-state index in [4.69, 9.17) is 15.3 Å². The van der Waals surface area contributed by atoms with E-state index in [1.165, 1.54) is 0 Å². The topological polar surface area (TPSA) is 85.9 Å². The van der Waals surface area contributed by atoms with Crippen LogP contribution in [0.1, 0.15) is 52.4 Å². The van der Waals surface area contributed by atoms with E-state index in [1.54, 1.807) is 0 Å². The number of carbonyl (C=O) groups excluding carboxylic acids is 1. The number of esters is 1. The molecule has 2 unspecified atom stereocenters. The molecule has 126 valence electrons. The Hall–Kier alpha value is -1.85. The van der Waals surface area contributed by atoms with Gasteiger partial charge in [0, 0.05) is 6.54 Å². The number of nitrogens with zero attached hydrogens (tertiary/aromatic N) is 2. The van der Waals surface area contributed by atoms with Gasteiger partial charge in [-0.05, 0) is 63.5 Å². The molecule has 5 heteroatoms. The molecule has 1 N–H and O–H groups in total. The summed E-state index contributed by atoms with van der Waals surface area (Å²) in [5.74, 6) is 0.0414. The molecule has 0 aromatic rings. The fourth-order valence-corrected chi connectivity index (χ4v) is 3.15. The number of ether oxygens (including phenoxy) is 1. The highest BCUT2D eigenvalue weighted by Gasteiger charge is 2.27. The summed E-state index contributed by atoms with van der Waals surface area (Å²) in [6.07, 6.45) is 5.37. The third-order valence-electron chi connectivity index (χ3n) is 4.26.